The average molecular weight is 242 g/mol. The molecule has 4 heteroatoms. The summed E-state index contributed by atoms with van der Waals surface area (Å²) in [6.07, 6.45) is 2.92. The van der Waals surface area contributed by atoms with Gasteiger partial charge in [0.25, 0.3) is 0 Å². The molecular weight excluding hydrogens is 226 g/mol. The molecule has 0 amide bonds. The molecular formula is C12H16ClNO2. The van der Waals surface area contributed by atoms with Crippen molar-refractivity contribution in [1.82, 2.24) is 0 Å². The Morgan fingerprint density at radius 2 is 2.12 bits per heavy atom. The van der Waals surface area contributed by atoms with Crippen molar-refractivity contribution >= 4 is 11.6 Å². The molecule has 0 bridgehead atoms. The molecule has 3 N–H and O–H groups in total. The van der Waals surface area contributed by atoms with E-state index in [1.54, 1.807) is 0 Å². The SMILES string of the molecule is COc1c(O)cc(Cl)c(C)c1C1(N)CCC1. The molecule has 0 radical (unpaired) electrons. The van der Waals surface area contributed by atoms with Crippen LogP contribution >= 0.6 is 11.6 Å². The first kappa shape index (κ1) is 11.6. The minimum Gasteiger partial charge on any atom is -0.504 e. The van der Waals surface area contributed by atoms with Crippen molar-refractivity contribution in [2.75, 3.05) is 7.11 Å². The van der Waals surface area contributed by atoms with Gasteiger partial charge in [0.1, 0.15) is 0 Å². The number of ether oxygens (including phenoxy) is 1. The maximum absolute atomic E-state index is 9.81. The topological polar surface area (TPSA) is 55.5 Å². The number of rotatable bonds is 2. The van der Waals surface area contributed by atoms with E-state index >= 15 is 0 Å². The summed E-state index contributed by atoms with van der Waals surface area (Å²) >= 11 is 6.06. The van der Waals surface area contributed by atoms with E-state index in [0.717, 1.165) is 30.4 Å². The largest absolute Gasteiger partial charge is 0.504 e. The van der Waals surface area contributed by atoms with E-state index in [4.69, 9.17) is 22.1 Å². The van der Waals surface area contributed by atoms with Crippen LogP contribution in [0.5, 0.6) is 11.5 Å². The molecule has 1 aromatic rings. The number of benzene rings is 1. The lowest BCUT2D eigenvalue weighted by atomic mass is 9.71. The van der Waals surface area contributed by atoms with E-state index < -0.39 is 5.54 Å². The number of nitrogens with two attached hydrogens (primary N) is 1. The van der Waals surface area contributed by atoms with Crippen molar-refractivity contribution in [2.45, 2.75) is 31.7 Å². The summed E-state index contributed by atoms with van der Waals surface area (Å²) < 4.78 is 5.25. The first-order chi connectivity index (χ1) is 7.49. The van der Waals surface area contributed by atoms with Crippen molar-refractivity contribution in [2.24, 2.45) is 5.73 Å². The van der Waals surface area contributed by atoms with E-state index in [1.807, 2.05) is 6.92 Å². The van der Waals surface area contributed by atoms with Crippen molar-refractivity contribution in [1.29, 1.82) is 0 Å². The Labute approximate surface area is 100 Å². The lowest BCUT2D eigenvalue weighted by Gasteiger charge is -2.40. The number of hydrogen-bond donors (Lipinski definition) is 2. The molecule has 1 fully saturated rings. The number of methoxy groups -OCH3 is 1. The molecule has 0 aliphatic heterocycles. The van der Waals surface area contributed by atoms with E-state index in [0.29, 0.717) is 10.8 Å². The Kier molecular flexibility index (Phi) is 2.76. The van der Waals surface area contributed by atoms with Gasteiger partial charge in [-0.15, -0.1) is 0 Å². The Balaban J connectivity index is 2.65. The zero-order chi connectivity index (χ0) is 11.9. The smallest absolute Gasteiger partial charge is 0.165 e. The number of hydrogen-bond acceptors (Lipinski definition) is 3. The summed E-state index contributed by atoms with van der Waals surface area (Å²) in [6, 6.07) is 1.50. The van der Waals surface area contributed by atoms with Crippen LogP contribution in [0.3, 0.4) is 0 Å². The molecule has 1 aromatic carbocycles. The minimum atomic E-state index is -0.391. The van der Waals surface area contributed by atoms with Gasteiger partial charge in [0.15, 0.2) is 11.5 Å². The van der Waals surface area contributed by atoms with Crippen molar-refractivity contribution in [3.8, 4) is 11.5 Å². The van der Waals surface area contributed by atoms with Crippen LogP contribution < -0.4 is 10.5 Å². The zero-order valence-electron chi connectivity index (χ0n) is 9.51. The fourth-order valence-electron chi connectivity index (χ4n) is 2.33. The molecule has 1 saturated carbocycles. The van der Waals surface area contributed by atoms with Gasteiger partial charge >= 0.3 is 0 Å². The fraction of sp³-hybridized carbons (Fsp3) is 0.500. The van der Waals surface area contributed by atoms with Crippen LogP contribution in [-0.4, -0.2) is 12.2 Å². The van der Waals surface area contributed by atoms with Crippen LogP contribution in [0.1, 0.15) is 30.4 Å². The summed E-state index contributed by atoms with van der Waals surface area (Å²) in [5.74, 6) is 0.522. The lowest BCUT2D eigenvalue weighted by Crippen LogP contribution is -2.44. The van der Waals surface area contributed by atoms with Gasteiger partial charge in [-0.25, -0.2) is 0 Å². The second-order valence-electron chi connectivity index (χ2n) is 4.42. The van der Waals surface area contributed by atoms with Gasteiger partial charge < -0.3 is 15.6 Å². The van der Waals surface area contributed by atoms with Crippen molar-refractivity contribution < 1.29 is 9.84 Å². The average Bonchev–Trinajstić information content (AvgIpc) is 2.19. The van der Waals surface area contributed by atoms with Gasteiger partial charge in [-0.1, -0.05) is 11.6 Å². The first-order valence-electron chi connectivity index (χ1n) is 5.35. The molecule has 2 rings (SSSR count). The Bertz CT molecular complexity index is 428. The van der Waals surface area contributed by atoms with E-state index in [9.17, 15) is 5.11 Å². The molecule has 0 spiro atoms. The van der Waals surface area contributed by atoms with Gasteiger partial charge in [0, 0.05) is 22.2 Å². The normalized spacial score (nSPS) is 18.0. The van der Waals surface area contributed by atoms with Gasteiger partial charge in [-0.2, -0.15) is 0 Å². The molecule has 88 valence electrons. The summed E-state index contributed by atoms with van der Waals surface area (Å²) in [5.41, 5.74) is 7.65. The van der Waals surface area contributed by atoms with Crippen LogP contribution in [0, 0.1) is 6.92 Å². The molecule has 0 saturated heterocycles. The predicted octanol–water partition coefficient (Wildman–Crippen LogP) is 2.70. The second kappa shape index (κ2) is 3.82. The predicted molar refractivity (Wildman–Crippen MR) is 64.1 cm³/mol. The standard InChI is InChI=1S/C12H16ClNO2/c1-7-8(13)6-9(15)11(16-2)10(7)12(14)4-3-5-12/h6,15H,3-5,14H2,1-2H3. The molecule has 1 aliphatic carbocycles. The van der Waals surface area contributed by atoms with Crippen molar-refractivity contribution in [3.05, 3.63) is 22.2 Å². The lowest BCUT2D eigenvalue weighted by molar-refractivity contribution is 0.239. The first-order valence-corrected chi connectivity index (χ1v) is 5.73. The second-order valence-corrected chi connectivity index (χ2v) is 4.83. The molecule has 3 nitrogen and oxygen atoms in total. The quantitative estimate of drug-likeness (QED) is 0.837. The maximum atomic E-state index is 9.81. The van der Waals surface area contributed by atoms with Gasteiger partial charge in [-0.3, -0.25) is 0 Å². The van der Waals surface area contributed by atoms with Gasteiger partial charge in [-0.05, 0) is 31.7 Å². The van der Waals surface area contributed by atoms with Crippen molar-refractivity contribution in [3.63, 3.8) is 0 Å². The highest BCUT2D eigenvalue weighted by Gasteiger charge is 2.39. The van der Waals surface area contributed by atoms with Crippen LogP contribution in [-0.2, 0) is 5.54 Å². The molecule has 0 atom stereocenters. The highest BCUT2D eigenvalue weighted by atomic mass is 35.5. The number of phenols is 1. The van der Waals surface area contributed by atoms with E-state index in [1.165, 1.54) is 13.2 Å². The summed E-state index contributed by atoms with van der Waals surface area (Å²) in [6.45, 7) is 1.91. The number of aromatic hydroxyl groups is 1. The minimum absolute atomic E-state index is 0.0600. The highest BCUT2D eigenvalue weighted by Crippen LogP contribution is 2.49. The number of halogens is 1. The summed E-state index contributed by atoms with van der Waals surface area (Å²) in [4.78, 5) is 0. The Morgan fingerprint density at radius 3 is 2.56 bits per heavy atom. The van der Waals surface area contributed by atoms with Crippen LogP contribution in [0.2, 0.25) is 5.02 Å². The van der Waals surface area contributed by atoms with Crippen LogP contribution in [0.15, 0.2) is 6.07 Å². The molecule has 0 heterocycles. The highest BCUT2D eigenvalue weighted by molar-refractivity contribution is 6.31. The fourth-order valence-corrected chi connectivity index (χ4v) is 2.52. The molecule has 0 aromatic heterocycles. The monoisotopic (exact) mass is 241 g/mol. The van der Waals surface area contributed by atoms with Gasteiger partial charge in [0.05, 0.1) is 7.11 Å². The molecule has 1 aliphatic rings. The zero-order valence-corrected chi connectivity index (χ0v) is 10.3. The van der Waals surface area contributed by atoms with Crippen LogP contribution in [0.4, 0.5) is 0 Å². The summed E-state index contributed by atoms with van der Waals surface area (Å²) in [7, 11) is 1.54. The van der Waals surface area contributed by atoms with E-state index in [-0.39, 0.29) is 5.75 Å². The maximum Gasteiger partial charge on any atom is 0.165 e. The number of phenolic OH excluding ortho intramolecular Hbond substituents is 1. The molecule has 0 unspecified atom stereocenters. The van der Waals surface area contributed by atoms with Gasteiger partial charge in [0.2, 0.25) is 0 Å². The third-order valence-electron chi connectivity index (χ3n) is 3.40. The van der Waals surface area contributed by atoms with Crippen LogP contribution in [0.25, 0.3) is 0 Å². The third kappa shape index (κ3) is 1.55. The molecule has 16 heavy (non-hydrogen) atoms. The van der Waals surface area contributed by atoms with E-state index in [2.05, 4.69) is 0 Å². The third-order valence-corrected chi connectivity index (χ3v) is 3.80. The Morgan fingerprint density at radius 1 is 1.50 bits per heavy atom. The Hall–Kier alpha value is -0.930. The summed E-state index contributed by atoms with van der Waals surface area (Å²) in [5, 5.41) is 10.3.